The number of non-ortho nitro benzene ring substituents is 1. The first-order valence-corrected chi connectivity index (χ1v) is 7.52. The molecule has 0 unspecified atom stereocenters. The van der Waals surface area contributed by atoms with E-state index in [1.807, 2.05) is 6.07 Å². The van der Waals surface area contributed by atoms with Gasteiger partial charge in [-0.3, -0.25) is 14.9 Å². The van der Waals surface area contributed by atoms with Crippen LogP contribution < -0.4 is 15.4 Å². The Kier molecular flexibility index (Phi) is 5.91. The normalized spacial score (nSPS) is 10.3. The number of ether oxygens (including phenoxy) is 1. The summed E-state index contributed by atoms with van der Waals surface area (Å²) >= 11 is 0. The number of rotatable bonds is 7. The van der Waals surface area contributed by atoms with Crippen molar-refractivity contribution in [2.45, 2.75) is 20.0 Å². The van der Waals surface area contributed by atoms with Crippen molar-refractivity contribution in [2.24, 2.45) is 0 Å². The van der Waals surface area contributed by atoms with E-state index in [9.17, 15) is 20.0 Å². The highest BCUT2D eigenvalue weighted by Gasteiger charge is 2.10. The molecule has 132 valence electrons. The van der Waals surface area contributed by atoms with Gasteiger partial charge in [0.1, 0.15) is 11.5 Å². The van der Waals surface area contributed by atoms with Gasteiger partial charge in [-0.05, 0) is 23.8 Å². The molecule has 0 saturated heterocycles. The predicted molar refractivity (Wildman–Crippen MR) is 92.6 cm³/mol. The van der Waals surface area contributed by atoms with E-state index in [-0.39, 0.29) is 23.9 Å². The molecule has 0 heterocycles. The Morgan fingerprint density at radius 2 is 2.00 bits per heavy atom. The van der Waals surface area contributed by atoms with Crippen LogP contribution in [0.15, 0.2) is 36.4 Å². The zero-order valence-corrected chi connectivity index (χ0v) is 13.9. The minimum atomic E-state index is -0.508. The fourth-order valence-electron chi connectivity index (χ4n) is 2.32. The van der Waals surface area contributed by atoms with Crippen LogP contribution in [0.1, 0.15) is 18.1 Å². The first kappa shape index (κ1) is 18.2. The molecule has 0 saturated carbocycles. The smallest absolute Gasteiger partial charge is 0.270 e. The van der Waals surface area contributed by atoms with E-state index < -0.39 is 4.92 Å². The van der Waals surface area contributed by atoms with E-state index in [0.29, 0.717) is 23.5 Å². The highest BCUT2D eigenvalue weighted by Crippen LogP contribution is 2.26. The van der Waals surface area contributed by atoms with Crippen LogP contribution in [-0.2, 0) is 17.9 Å². The second-order valence-electron chi connectivity index (χ2n) is 5.39. The molecule has 1 amide bonds. The Bertz CT molecular complexity index is 792. The molecule has 0 aromatic heterocycles. The first-order valence-electron chi connectivity index (χ1n) is 7.52. The Morgan fingerprint density at radius 3 is 2.64 bits per heavy atom. The second-order valence-corrected chi connectivity index (χ2v) is 5.39. The largest absolute Gasteiger partial charge is 0.508 e. The lowest BCUT2D eigenvalue weighted by atomic mass is 10.1. The zero-order valence-electron chi connectivity index (χ0n) is 13.9. The van der Waals surface area contributed by atoms with E-state index in [1.54, 1.807) is 12.1 Å². The number of hydrogen-bond acceptors (Lipinski definition) is 6. The number of carbonyl (C=O) groups is 1. The van der Waals surface area contributed by atoms with Crippen LogP contribution >= 0.6 is 0 Å². The average molecular weight is 345 g/mol. The van der Waals surface area contributed by atoms with Crippen molar-refractivity contribution >= 4 is 17.3 Å². The molecule has 8 nitrogen and oxygen atoms in total. The van der Waals surface area contributed by atoms with Crippen LogP contribution in [0.2, 0.25) is 0 Å². The van der Waals surface area contributed by atoms with Crippen LogP contribution in [-0.4, -0.2) is 23.0 Å². The molecule has 0 spiro atoms. The minimum Gasteiger partial charge on any atom is -0.508 e. The van der Waals surface area contributed by atoms with Gasteiger partial charge in [0.15, 0.2) is 0 Å². The van der Waals surface area contributed by atoms with Crippen LogP contribution in [0.5, 0.6) is 11.5 Å². The number of nitrogens with zero attached hydrogens (tertiary/aromatic N) is 1. The quantitative estimate of drug-likeness (QED) is 0.525. The molecular formula is C17H19N3O5. The van der Waals surface area contributed by atoms with Gasteiger partial charge < -0.3 is 20.5 Å². The number of phenolic OH excluding ortho intramolecular Hbond substituents is 1. The maximum Gasteiger partial charge on any atom is 0.270 e. The molecule has 2 rings (SSSR count). The number of anilines is 1. The number of phenols is 1. The molecule has 0 bridgehead atoms. The first-order chi connectivity index (χ1) is 11.9. The Morgan fingerprint density at radius 1 is 1.24 bits per heavy atom. The van der Waals surface area contributed by atoms with Crippen LogP contribution in [0.4, 0.5) is 11.4 Å². The molecule has 25 heavy (non-hydrogen) atoms. The van der Waals surface area contributed by atoms with E-state index >= 15 is 0 Å². The van der Waals surface area contributed by atoms with E-state index in [2.05, 4.69) is 10.6 Å². The lowest BCUT2D eigenvalue weighted by molar-refractivity contribution is -0.384. The van der Waals surface area contributed by atoms with Crippen molar-refractivity contribution in [2.75, 3.05) is 12.4 Å². The van der Waals surface area contributed by atoms with E-state index in [1.165, 1.54) is 32.2 Å². The molecule has 8 heteroatoms. The van der Waals surface area contributed by atoms with Gasteiger partial charge >= 0.3 is 0 Å². The summed E-state index contributed by atoms with van der Waals surface area (Å²) in [5, 5.41) is 26.4. The summed E-state index contributed by atoms with van der Waals surface area (Å²) in [6.07, 6.45) is 0. The van der Waals surface area contributed by atoms with E-state index in [0.717, 1.165) is 5.56 Å². The summed E-state index contributed by atoms with van der Waals surface area (Å²) in [6, 6.07) is 9.25. The second kappa shape index (κ2) is 8.11. The highest BCUT2D eigenvalue weighted by atomic mass is 16.6. The molecular weight excluding hydrogens is 326 g/mol. The van der Waals surface area contributed by atoms with E-state index in [4.69, 9.17) is 4.74 Å². The fourth-order valence-corrected chi connectivity index (χ4v) is 2.32. The van der Waals surface area contributed by atoms with Crippen molar-refractivity contribution in [3.8, 4) is 11.5 Å². The van der Waals surface area contributed by atoms with Crippen molar-refractivity contribution in [3.05, 3.63) is 57.6 Å². The maximum atomic E-state index is 11.3. The third-order valence-corrected chi connectivity index (χ3v) is 3.49. The molecule has 0 radical (unpaired) electrons. The van der Waals surface area contributed by atoms with Gasteiger partial charge in [0.25, 0.3) is 5.69 Å². The summed E-state index contributed by atoms with van der Waals surface area (Å²) in [6.45, 7) is 2.11. The number of nitro benzene ring substituents is 1. The summed E-state index contributed by atoms with van der Waals surface area (Å²) in [5.41, 5.74) is 1.80. The lowest BCUT2D eigenvalue weighted by Crippen LogP contribution is -2.14. The van der Waals surface area contributed by atoms with Crippen molar-refractivity contribution in [3.63, 3.8) is 0 Å². The number of hydrogen-bond donors (Lipinski definition) is 3. The third-order valence-electron chi connectivity index (χ3n) is 3.49. The summed E-state index contributed by atoms with van der Waals surface area (Å²) in [4.78, 5) is 21.5. The standard InChI is InChI=1S/C17H19N3O5/c1-11(21)19-15-7-12(3-6-17(15)25-2)9-18-10-13-8-14(20(23)24)4-5-16(13)22/h3-8,18,22H,9-10H2,1-2H3,(H,19,21). The lowest BCUT2D eigenvalue weighted by Gasteiger charge is -2.12. The van der Waals surface area contributed by atoms with Crippen LogP contribution in [0.25, 0.3) is 0 Å². The van der Waals surface area contributed by atoms with Gasteiger partial charge in [0, 0.05) is 37.7 Å². The molecule has 2 aromatic carbocycles. The Balaban J connectivity index is 2.05. The molecule has 0 atom stereocenters. The van der Waals surface area contributed by atoms with Crippen molar-refractivity contribution in [1.29, 1.82) is 0 Å². The van der Waals surface area contributed by atoms with Crippen molar-refractivity contribution < 1.29 is 19.6 Å². The Hall–Kier alpha value is -3.13. The molecule has 2 aromatic rings. The van der Waals surface area contributed by atoms with Gasteiger partial charge in [-0.1, -0.05) is 6.07 Å². The third kappa shape index (κ3) is 4.92. The molecule has 0 aliphatic heterocycles. The zero-order chi connectivity index (χ0) is 18.4. The topological polar surface area (TPSA) is 114 Å². The minimum absolute atomic E-state index is 0.00762. The van der Waals surface area contributed by atoms with Crippen molar-refractivity contribution in [1.82, 2.24) is 5.32 Å². The molecule has 0 aliphatic carbocycles. The molecule has 0 aliphatic rings. The van der Waals surface area contributed by atoms with Gasteiger partial charge in [-0.25, -0.2) is 0 Å². The summed E-state index contributed by atoms with van der Waals surface area (Å²) in [5.74, 6) is 0.340. The monoisotopic (exact) mass is 345 g/mol. The fraction of sp³-hybridized carbons (Fsp3) is 0.235. The average Bonchev–Trinajstić information content (AvgIpc) is 2.56. The SMILES string of the molecule is COc1ccc(CNCc2cc([N+](=O)[O-])ccc2O)cc1NC(C)=O. The summed E-state index contributed by atoms with van der Waals surface area (Å²) < 4.78 is 5.19. The number of amides is 1. The predicted octanol–water partition coefficient (Wildman–Crippen LogP) is 2.56. The number of carbonyl (C=O) groups excluding carboxylic acids is 1. The summed E-state index contributed by atoms with van der Waals surface area (Å²) in [7, 11) is 1.52. The number of methoxy groups -OCH3 is 1. The number of nitrogens with one attached hydrogen (secondary N) is 2. The number of aromatic hydroxyl groups is 1. The van der Waals surface area contributed by atoms with Gasteiger partial charge in [0.05, 0.1) is 17.7 Å². The number of nitro groups is 1. The van der Waals surface area contributed by atoms with Gasteiger partial charge in [-0.15, -0.1) is 0 Å². The Labute approximate surface area is 144 Å². The van der Waals surface area contributed by atoms with Gasteiger partial charge in [0.2, 0.25) is 5.91 Å². The molecule has 3 N–H and O–H groups in total. The maximum absolute atomic E-state index is 11.3. The number of benzene rings is 2. The van der Waals surface area contributed by atoms with Crippen LogP contribution in [0.3, 0.4) is 0 Å². The highest BCUT2D eigenvalue weighted by molar-refractivity contribution is 5.90. The molecule has 0 fully saturated rings. The van der Waals surface area contributed by atoms with Gasteiger partial charge in [-0.2, -0.15) is 0 Å². The van der Waals surface area contributed by atoms with Crippen LogP contribution in [0, 0.1) is 10.1 Å².